The number of hydrogen-bond acceptors (Lipinski definition) is 5. The van der Waals surface area contributed by atoms with Crippen LogP contribution in [0.15, 0.2) is 47.0 Å². The third-order valence-electron chi connectivity index (χ3n) is 6.42. The number of piperazine rings is 1. The van der Waals surface area contributed by atoms with Crippen molar-refractivity contribution in [1.82, 2.24) is 15.0 Å². The normalized spacial score (nSPS) is 17.0. The fourth-order valence-electron chi connectivity index (χ4n) is 4.44. The van der Waals surface area contributed by atoms with Crippen molar-refractivity contribution in [3.05, 3.63) is 65.0 Å². The Kier molecular flexibility index (Phi) is 5.22. The first-order valence-electron chi connectivity index (χ1n) is 11.1. The molecule has 2 heterocycles. The van der Waals surface area contributed by atoms with Crippen LogP contribution in [0.5, 0.6) is 0 Å². The predicted molar refractivity (Wildman–Crippen MR) is 120 cm³/mol. The number of aryl methyl sites for hydroxylation is 2. The van der Waals surface area contributed by atoms with Crippen LogP contribution < -0.4 is 4.90 Å². The lowest BCUT2D eigenvalue weighted by Gasteiger charge is -2.36. The minimum absolute atomic E-state index is 0.126. The number of nitrogens with zero attached hydrogens (tertiary/aromatic N) is 4. The number of aromatic nitrogens is 2. The van der Waals surface area contributed by atoms with Gasteiger partial charge in [0, 0.05) is 48.9 Å². The van der Waals surface area contributed by atoms with Crippen LogP contribution >= 0.6 is 0 Å². The van der Waals surface area contributed by atoms with Crippen LogP contribution in [0.4, 0.5) is 5.69 Å². The van der Waals surface area contributed by atoms with E-state index in [1.807, 2.05) is 30.9 Å². The van der Waals surface area contributed by atoms with E-state index >= 15 is 0 Å². The minimum Gasteiger partial charge on any atom is -0.368 e. The van der Waals surface area contributed by atoms with E-state index in [-0.39, 0.29) is 5.91 Å². The molecule has 0 unspecified atom stereocenters. The van der Waals surface area contributed by atoms with E-state index < -0.39 is 0 Å². The molecule has 0 N–H and O–H groups in total. The molecule has 2 aliphatic rings. The van der Waals surface area contributed by atoms with Crippen LogP contribution in [0.1, 0.15) is 52.6 Å². The number of anilines is 1. The van der Waals surface area contributed by atoms with Crippen LogP contribution in [0.2, 0.25) is 0 Å². The zero-order chi connectivity index (χ0) is 21.4. The molecule has 1 aromatic heterocycles. The molecule has 2 fully saturated rings. The zero-order valence-corrected chi connectivity index (χ0v) is 18.2. The number of carbonyl (C=O) groups excluding carboxylic acids is 1. The van der Waals surface area contributed by atoms with E-state index in [2.05, 4.69) is 45.4 Å². The van der Waals surface area contributed by atoms with Crippen molar-refractivity contribution in [3.63, 3.8) is 0 Å². The lowest BCUT2D eigenvalue weighted by molar-refractivity contribution is 0.0746. The Morgan fingerprint density at radius 1 is 0.968 bits per heavy atom. The smallest absolute Gasteiger partial charge is 0.253 e. The second kappa shape index (κ2) is 8.17. The van der Waals surface area contributed by atoms with Gasteiger partial charge in [0.1, 0.15) is 0 Å². The minimum atomic E-state index is 0.126. The summed E-state index contributed by atoms with van der Waals surface area (Å²) in [5.41, 5.74) is 5.18. The molecule has 0 radical (unpaired) electrons. The number of benzene rings is 2. The highest BCUT2D eigenvalue weighted by Crippen LogP contribution is 2.36. The summed E-state index contributed by atoms with van der Waals surface area (Å²) in [6.45, 7) is 7.17. The lowest BCUT2D eigenvalue weighted by atomic mass is 9.85. The molecule has 0 atom stereocenters. The number of hydrogen-bond donors (Lipinski definition) is 0. The first kappa shape index (κ1) is 19.8. The molecule has 2 aromatic carbocycles. The Bertz CT molecular complexity index is 1060. The molecule has 6 heteroatoms. The maximum atomic E-state index is 12.9. The van der Waals surface area contributed by atoms with Gasteiger partial charge in [0.2, 0.25) is 11.7 Å². The average molecular weight is 417 g/mol. The van der Waals surface area contributed by atoms with Gasteiger partial charge in [-0.3, -0.25) is 4.79 Å². The van der Waals surface area contributed by atoms with Crippen molar-refractivity contribution in [3.8, 4) is 11.4 Å². The summed E-state index contributed by atoms with van der Waals surface area (Å²) in [4.78, 5) is 21.8. The molecule has 5 rings (SSSR count). The quantitative estimate of drug-likeness (QED) is 0.623. The number of carbonyl (C=O) groups is 1. The first-order valence-corrected chi connectivity index (χ1v) is 11.1. The molecule has 3 aromatic rings. The maximum absolute atomic E-state index is 12.9. The van der Waals surface area contributed by atoms with E-state index in [0.29, 0.717) is 11.7 Å². The van der Waals surface area contributed by atoms with Gasteiger partial charge in [0.05, 0.1) is 0 Å². The number of amides is 1. The Labute approximate surface area is 182 Å². The zero-order valence-electron chi connectivity index (χ0n) is 18.2. The van der Waals surface area contributed by atoms with Gasteiger partial charge in [-0.1, -0.05) is 28.8 Å². The van der Waals surface area contributed by atoms with Crippen LogP contribution in [-0.4, -0.2) is 47.1 Å². The summed E-state index contributed by atoms with van der Waals surface area (Å²) < 4.78 is 5.45. The molecule has 0 bridgehead atoms. The summed E-state index contributed by atoms with van der Waals surface area (Å²) in [5.74, 6) is 2.01. The Balaban J connectivity index is 1.21. The largest absolute Gasteiger partial charge is 0.368 e. The molecule has 1 saturated heterocycles. The third kappa shape index (κ3) is 4.07. The highest BCUT2D eigenvalue weighted by atomic mass is 16.5. The fraction of sp³-hybridized carbons (Fsp3) is 0.400. The van der Waals surface area contributed by atoms with Crippen molar-refractivity contribution >= 4 is 11.6 Å². The standard InChI is InChI=1S/C25H28N4O2/c1-17-14-18(2)16-21(15-17)25(30)29-12-10-28(11-13-29)22-8-6-19(7-9-22)23-26-24(31-27-23)20-4-3-5-20/h6-9,14-16,20H,3-5,10-13H2,1-2H3. The van der Waals surface area contributed by atoms with Crippen LogP contribution in [0.3, 0.4) is 0 Å². The lowest BCUT2D eigenvalue weighted by Crippen LogP contribution is -2.48. The summed E-state index contributed by atoms with van der Waals surface area (Å²) in [6, 6.07) is 14.4. The van der Waals surface area contributed by atoms with Crippen molar-refractivity contribution < 1.29 is 9.32 Å². The Morgan fingerprint density at radius 2 is 1.65 bits per heavy atom. The molecule has 31 heavy (non-hydrogen) atoms. The second-order valence-corrected chi connectivity index (χ2v) is 8.79. The highest BCUT2D eigenvalue weighted by molar-refractivity contribution is 5.94. The molecule has 0 spiro atoms. The van der Waals surface area contributed by atoms with Gasteiger partial charge in [-0.15, -0.1) is 0 Å². The molecular formula is C25H28N4O2. The van der Waals surface area contributed by atoms with Crippen LogP contribution in [0.25, 0.3) is 11.4 Å². The van der Waals surface area contributed by atoms with E-state index in [1.54, 1.807) is 0 Å². The maximum Gasteiger partial charge on any atom is 0.253 e. The third-order valence-corrected chi connectivity index (χ3v) is 6.42. The highest BCUT2D eigenvalue weighted by Gasteiger charge is 2.26. The summed E-state index contributed by atoms with van der Waals surface area (Å²) in [5, 5.41) is 4.16. The van der Waals surface area contributed by atoms with Crippen LogP contribution in [0, 0.1) is 13.8 Å². The Morgan fingerprint density at radius 3 is 2.26 bits per heavy atom. The van der Waals surface area contributed by atoms with Gasteiger partial charge in [0.25, 0.3) is 5.91 Å². The molecule has 1 saturated carbocycles. The van der Waals surface area contributed by atoms with Crippen molar-refractivity contribution in [2.24, 2.45) is 0 Å². The van der Waals surface area contributed by atoms with Crippen molar-refractivity contribution in [2.75, 3.05) is 31.1 Å². The van der Waals surface area contributed by atoms with Gasteiger partial charge in [-0.05, 0) is 63.1 Å². The van der Waals surface area contributed by atoms with E-state index in [9.17, 15) is 4.79 Å². The van der Waals surface area contributed by atoms with Gasteiger partial charge >= 0.3 is 0 Å². The summed E-state index contributed by atoms with van der Waals surface area (Å²) in [6.07, 6.45) is 3.55. The van der Waals surface area contributed by atoms with E-state index in [0.717, 1.165) is 72.9 Å². The van der Waals surface area contributed by atoms with Crippen LogP contribution in [-0.2, 0) is 0 Å². The van der Waals surface area contributed by atoms with Gasteiger partial charge in [-0.25, -0.2) is 0 Å². The SMILES string of the molecule is Cc1cc(C)cc(C(=O)N2CCN(c3ccc(-c4noc(C5CCC5)n4)cc3)CC2)c1. The molecule has 1 aliphatic heterocycles. The van der Waals surface area contributed by atoms with Gasteiger partial charge in [-0.2, -0.15) is 4.98 Å². The molecule has 6 nitrogen and oxygen atoms in total. The fourth-order valence-corrected chi connectivity index (χ4v) is 4.44. The summed E-state index contributed by atoms with van der Waals surface area (Å²) >= 11 is 0. The van der Waals surface area contributed by atoms with Gasteiger partial charge < -0.3 is 14.3 Å². The first-order chi connectivity index (χ1) is 15.1. The van der Waals surface area contributed by atoms with Gasteiger partial charge in [0.15, 0.2) is 0 Å². The topological polar surface area (TPSA) is 62.5 Å². The summed E-state index contributed by atoms with van der Waals surface area (Å²) in [7, 11) is 0. The predicted octanol–water partition coefficient (Wildman–Crippen LogP) is 4.58. The second-order valence-electron chi connectivity index (χ2n) is 8.79. The molecular weight excluding hydrogens is 388 g/mol. The molecule has 1 aliphatic carbocycles. The van der Waals surface area contributed by atoms with Crippen molar-refractivity contribution in [1.29, 1.82) is 0 Å². The molecule has 1 amide bonds. The monoisotopic (exact) mass is 416 g/mol. The average Bonchev–Trinajstić information content (AvgIpc) is 3.21. The number of rotatable bonds is 4. The molecule has 160 valence electrons. The van der Waals surface area contributed by atoms with E-state index in [4.69, 9.17) is 4.52 Å². The van der Waals surface area contributed by atoms with Crippen molar-refractivity contribution in [2.45, 2.75) is 39.0 Å². The Hall–Kier alpha value is -3.15. The van der Waals surface area contributed by atoms with E-state index in [1.165, 1.54) is 6.42 Å².